The number of hydrogen-bond acceptors (Lipinski definition) is 5. The van der Waals surface area contributed by atoms with Crippen molar-refractivity contribution >= 4 is 27.7 Å². The minimum atomic E-state index is -0.0285. The highest BCUT2D eigenvalue weighted by Crippen LogP contribution is 2.18. The number of furan rings is 1. The molecule has 0 N–H and O–H groups in total. The summed E-state index contributed by atoms with van der Waals surface area (Å²) in [7, 11) is 0. The minimum absolute atomic E-state index is 0.0285. The first-order chi connectivity index (χ1) is 12.6. The summed E-state index contributed by atoms with van der Waals surface area (Å²) in [6, 6.07) is 7.69. The van der Waals surface area contributed by atoms with Crippen molar-refractivity contribution in [2.24, 2.45) is 0 Å². The summed E-state index contributed by atoms with van der Waals surface area (Å²) < 4.78 is 6.76. The second kappa shape index (κ2) is 8.68. The van der Waals surface area contributed by atoms with E-state index >= 15 is 0 Å². The van der Waals surface area contributed by atoms with E-state index in [1.54, 1.807) is 12.3 Å². The molecule has 3 rings (SSSR count). The van der Waals surface area contributed by atoms with Crippen molar-refractivity contribution < 1.29 is 9.21 Å². The van der Waals surface area contributed by atoms with Crippen molar-refractivity contribution in [3.63, 3.8) is 0 Å². The molecule has 0 aliphatic carbocycles. The Morgan fingerprint density at radius 1 is 1.15 bits per heavy atom. The molecule has 140 valence electrons. The Bertz CT molecular complexity index is 719. The number of halogens is 1. The van der Waals surface area contributed by atoms with Crippen LogP contribution in [0.1, 0.15) is 30.2 Å². The third-order valence-corrected chi connectivity index (χ3v) is 5.22. The maximum atomic E-state index is 12.7. The zero-order valence-corrected chi connectivity index (χ0v) is 16.9. The fraction of sp³-hybridized carbons (Fsp3) is 0.474. The van der Waals surface area contributed by atoms with Gasteiger partial charge in [0.25, 0.3) is 5.91 Å². The van der Waals surface area contributed by atoms with Crippen LogP contribution in [-0.2, 0) is 6.54 Å². The first-order valence-corrected chi connectivity index (χ1v) is 9.86. The lowest BCUT2D eigenvalue weighted by atomic mass is 10.2. The lowest BCUT2D eigenvalue weighted by Gasteiger charge is -2.35. The van der Waals surface area contributed by atoms with Crippen molar-refractivity contribution in [3.8, 4) is 0 Å². The van der Waals surface area contributed by atoms with E-state index in [4.69, 9.17) is 4.42 Å². The van der Waals surface area contributed by atoms with Crippen LogP contribution in [0.4, 0.5) is 5.82 Å². The fourth-order valence-electron chi connectivity index (χ4n) is 3.09. The second-order valence-electron chi connectivity index (χ2n) is 6.34. The van der Waals surface area contributed by atoms with Gasteiger partial charge in [0.15, 0.2) is 5.76 Å². The standard InChI is InChI=1S/C19H25BrN4O2/c1-3-22(4-2)14-16-6-7-17(26-16)19(25)24-11-9-23(10-12-24)18-8-5-15(20)13-21-18/h5-8,13H,3-4,9-12,14H2,1-2H3. The van der Waals surface area contributed by atoms with Gasteiger partial charge < -0.3 is 14.2 Å². The number of carbonyl (C=O) groups excluding carboxylic acids is 1. The largest absolute Gasteiger partial charge is 0.455 e. The van der Waals surface area contributed by atoms with Gasteiger partial charge in [0.1, 0.15) is 11.6 Å². The molecule has 0 spiro atoms. The highest BCUT2D eigenvalue weighted by molar-refractivity contribution is 9.10. The Hall–Kier alpha value is -1.86. The third kappa shape index (κ3) is 4.45. The van der Waals surface area contributed by atoms with Crippen LogP contribution in [0.2, 0.25) is 0 Å². The second-order valence-corrected chi connectivity index (χ2v) is 7.26. The minimum Gasteiger partial charge on any atom is -0.455 e. The van der Waals surface area contributed by atoms with Gasteiger partial charge in [-0.05, 0) is 53.3 Å². The van der Waals surface area contributed by atoms with Gasteiger partial charge in [0.05, 0.1) is 6.54 Å². The number of amides is 1. The molecular formula is C19H25BrN4O2. The van der Waals surface area contributed by atoms with Crippen LogP contribution in [0.5, 0.6) is 0 Å². The third-order valence-electron chi connectivity index (χ3n) is 4.75. The van der Waals surface area contributed by atoms with Crippen molar-refractivity contribution in [1.82, 2.24) is 14.8 Å². The van der Waals surface area contributed by atoms with E-state index in [0.717, 1.165) is 48.8 Å². The monoisotopic (exact) mass is 420 g/mol. The maximum absolute atomic E-state index is 12.7. The molecular weight excluding hydrogens is 396 g/mol. The molecule has 0 unspecified atom stereocenters. The van der Waals surface area contributed by atoms with E-state index in [-0.39, 0.29) is 5.91 Å². The number of hydrogen-bond donors (Lipinski definition) is 0. The Balaban J connectivity index is 1.56. The summed E-state index contributed by atoms with van der Waals surface area (Å²) in [5.41, 5.74) is 0. The van der Waals surface area contributed by atoms with Gasteiger partial charge in [0, 0.05) is 36.8 Å². The molecule has 1 aliphatic rings. The normalized spacial score (nSPS) is 14.9. The molecule has 1 amide bonds. The molecule has 0 atom stereocenters. The Morgan fingerprint density at radius 2 is 1.88 bits per heavy atom. The lowest BCUT2D eigenvalue weighted by molar-refractivity contribution is 0.0710. The summed E-state index contributed by atoms with van der Waals surface area (Å²) in [6.07, 6.45) is 1.80. The van der Waals surface area contributed by atoms with Gasteiger partial charge >= 0.3 is 0 Å². The number of rotatable bonds is 6. The maximum Gasteiger partial charge on any atom is 0.289 e. The molecule has 0 saturated carbocycles. The first kappa shape index (κ1) is 18.9. The summed E-state index contributed by atoms with van der Waals surface area (Å²) in [5, 5.41) is 0. The van der Waals surface area contributed by atoms with E-state index in [1.165, 1.54) is 0 Å². The van der Waals surface area contributed by atoms with Gasteiger partial charge in [-0.25, -0.2) is 4.98 Å². The molecule has 2 aromatic rings. The number of aromatic nitrogens is 1. The molecule has 6 nitrogen and oxygen atoms in total. The zero-order valence-electron chi connectivity index (χ0n) is 15.3. The average molecular weight is 421 g/mol. The van der Waals surface area contributed by atoms with E-state index in [0.29, 0.717) is 18.8 Å². The van der Waals surface area contributed by atoms with Crippen LogP contribution in [-0.4, -0.2) is 60.0 Å². The van der Waals surface area contributed by atoms with E-state index < -0.39 is 0 Å². The predicted octanol–water partition coefficient (Wildman–Crippen LogP) is 3.24. The van der Waals surface area contributed by atoms with Gasteiger partial charge in [-0.1, -0.05) is 13.8 Å². The van der Waals surface area contributed by atoms with Crippen LogP contribution in [0, 0.1) is 0 Å². The SMILES string of the molecule is CCN(CC)Cc1ccc(C(=O)N2CCN(c3ccc(Br)cn3)CC2)o1. The van der Waals surface area contributed by atoms with Crippen LogP contribution in [0.3, 0.4) is 0 Å². The fourth-order valence-corrected chi connectivity index (χ4v) is 3.33. The lowest BCUT2D eigenvalue weighted by Crippen LogP contribution is -2.49. The molecule has 0 aromatic carbocycles. The molecule has 0 radical (unpaired) electrons. The Morgan fingerprint density at radius 3 is 2.50 bits per heavy atom. The molecule has 3 heterocycles. The molecule has 1 fully saturated rings. The summed E-state index contributed by atoms with van der Waals surface area (Å²) in [6.45, 7) is 9.80. The van der Waals surface area contributed by atoms with Crippen molar-refractivity contribution in [3.05, 3.63) is 46.5 Å². The van der Waals surface area contributed by atoms with Crippen LogP contribution >= 0.6 is 15.9 Å². The number of anilines is 1. The van der Waals surface area contributed by atoms with Crippen molar-refractivity contribution in [2.75, 3.05) is 44.2 Å². The number of piperazine rings is 1. The quantitative estimate of drug-likeness (QED) is 0.717. The van der Waals surface area contributed by atoms with Crippen molar-refractivity contribution in [2.45, 2.75) is 20.4 Å². The zero-order chi connectivity index (χ0) is 18.5. The summed E-state index contributed by atoms with van der Waals surface area (Å²) in [4.78, 5) is 23.4. The number of carbonyl (C=O) groups is 1. The van der Waals surface area contributed by atoms with E-state index in [9.17, 15) is 4.79 Å². The molecule has 2 aromatic heterocycles. The molecule has 0 bridgehead atoms. The molecule has 1 aliphatic heterocycles. The van der Waals surface area contributed by atoms with Crippen LogP contribution in [0.25, 0.3) is 0 Å². The Labute approximate surface area is 162 Å². The topological polar surface area (TPSA) is 52.8 Å². The molecule has 26 heavy (non-hydrogen) atoms. The van der Waals surface area contributed by atoms with Crippen molar-refractivity contribution in [1.29, 1.82) is 0 Å². The molecule has 1 saturated heterocycles. The number of pyridine rings is 1. The number of nitrogens with zero attached hydrogens (tertiary/aromatic N) is 4. The van der Waals surface area contributed by atoms with Crippen LogP contribution < -0.4 is 4.90 Å². The average Bonchev–Trinajstić information content (AvgIpc) is 3.15. The predicted molar refractivity (Wildman–Crippen MR) is 105 cm³/mol. The Kier molecular flexibility index (Phi) is 6.32. The van der Waals surface area contributed by atoms with Gasteiger partial charge in [-0.2, -0.15) is 0 Å². The van der Waals surface area contributed by atoms with E-state index in [2.05, 4.69) is 44.6 Å². The molecule has 7 heteroatoms. The first-order valence-electron chi connectivity index (χ1n) is 9.07. The smallest absolute Gasteiger partial charge is 0.289 e. The highest BCUT2D eigenvalue weighted by atomic mass is 79.9. The van der Waals surface area contributed by atoms with Gasteiger partial charge in [-0.3, -0.25) is 9.69 Å². The summed E-state index contributed by atoms with van der Waals surface area (Å²) in [5.74, 6) is 2.19. The van der Waals surface area contributed by atoms with E-state index in [1.807, 2.05) is 23.1 Å². The summed E-state index contributed by atoms with van der Waals surface area (Å²) >= 11 is 3.40. The highest BCUT2D eigenvalue weighted by Gasteiger charge is 2.25. The van der Waals surface area contributed by atoms with Gasteiger partial charge in [0.2, 0.25) is 0 Å². The van der Waals surface area contributed by atoms with Gasteiger partial charge in [-0.15, -0.1) is 0 Å². The van der Waals surface area contributed by atoms with Crippen LogP contribution in [0.15, 0.2) is 39.4 Å².